The first-order valence-corrected chi connectivity index (χ1v) is 8.43. The first-order valence-electron chi connectivity index (χ1n) is 8.43. The molecule has 0 unspecified atom stereocenters. The van der Waals surface area contributed by atoms with Gasteiger partial charge < -0.3 is 0 Å². The van der Waals surface area contributed by atoms with Crippen LogP contribution in [-0.4, -0.2) is 5.78 Å². The van der Waals surface area contributed by atoms with Gasteiger partial charge in [-0.15, -0.1) is 0 Å². The summed E-state index contributed by atoms with van der Waals surface area (Å²) in [6.07, 6.45) is 5.17. The number of halogens is 1. The van der Waals surface area contributed by atoms with Crippen molar-refractivity contribution in [2.75, 3.05) is 0 Å². The van der Waals surface area contributed by atoms with E-state index >= 15 is 0 Å². The Kier molecular flexibility index (Phi) is 5.55. The van der Waals surface area contributed by atoms with Crippen LogP contribution in [0.2, 0.25) is 0 Å². The molecular formula is C24H19FO. The largest absolute Gasteiger partial charge is 0.289 e. The molecule has 0 N–H and O–H groups in total. The van der Waals surface area contributed by atoms with Crippen molar-refractivity contribution in [3.63, 3.8) is 0 Å². The standard InChI is InChI=1S/C24H19FO/c1-18-7-9-19(10-8-18)13-16-24(26)23(21-5-3-2-4-6-21)17-20-11-14-22(25)15-12-20/h2-17H,1H3/b16-13+,23-17?. The molecule has 0 fully saturated rings. The van der Waals surface area contributed by atoms with Crippen molar-refractivity contribution in [1.82, 2.24) is 0 Å². The molecule has 0 saturated heterocycles. The summed E-state index contributed by atoms with van der Waals surface area (Å²) in [6, 6.07) is 23.6. The van der Waals surface area contributed by atoms with Crippen molar-refractivity contribution < 1.29 is 9.18 Å². The summed E-state index contributed by atoms with van der Waals surface area (Å²) in [5.74, 6) is -0.393. The second kappa shape index (κ2) is 8.21. The quantitative estimate of drug-likeness (QED) is 0.413. The topological polar surface area (TPSA) is 17.1 Å². The molecule has 3 rings (SSSR count). The average molecular weight is 342 g/mol. The molecule has 0 spiro atoms. The van der Waals surface area contributed by atoms with E-state index in [1.807, 2.05) is 67.6 Å². The van der Waals surface area contributed by atoms with Crippen LogP contribution < -0.4 is 0 Å². The summed E-state index contributed by atoms with van der Waals surface area (Å²) in [6.45, 7) is 2.03. The van der Waals surface area contributed by atoms with Crippen molar-refractivity contribution in [1.29, 1.82) is 0 Å². The molecule has 0 bridgehead atoms. The first kappa shape index (κ1) is 17.6. The Morgan fingerprint density at radius 1 is 0.808 bits per heavy atom. The van der Waals surface area contributed by atoms with E-state index in [1.165, 1.54) is 17.7 Å². The van der Waals surface area contributed by atoms with Crippen molar-refractivity contribution in [3.8, 4) is 0 Å². The lowest BCUT2D eigenvalue weighted by molar-refractivity contribution is -0.109. The molecular weight excluding hydrogens is 323 g/mol. The molecule has 0 saturated carbocycles. The van der Waals surface area contributed by atoms with Gasteiger partial charge in [0.05, 0.1) is 0 Å². The van der Waals surface area contributed by atoms with Crippen LogP contribution in [-0.2, 0) is 4.79 Å². The number of benzene rings is 3. The Morgan fingerprint density at radius 2 is 1.42 bits per heavy atom. The number of hydrogen-bond donors (Lipinski definition) is 0. The maximum atomic E-state index is 13.1. The molecule has 0 radical (unpaired) electrons. The smallest absolute Gasteiger partial charge is 0.186 e. The SMILES string of the molecule is Cc1ccc(/C=C/C(=O)C(=Cc2ccc(F)cc2)c2ccccc2)cc1. The highest BCUT2D eigenvalue weighted by Crippen LogP contribution is 2.20. The molecule has 0 aliphatic heterocycles. The summed E-state index contributed by atoms with van der Waals surface area (Å²) in [7, 11) is 0. The van der Waals surface area contributed by atoms with Gasteiger partial charge in [-0.05, 0) is 47.9 Å². The second-order valence-electron chi connectivity index (χ2n) is 6.08. The summed E-state index contributed by atoms with van der Waals surface area (Å²) < 4.78 is 13.1. The average Bonchev–Trinajstić information content (AvgIpc) is 2.67. The van der Waals surface area contributed by atoms with Gasteiger partial charge in [-0.3, -0.25) is 4.79 Å². The molecule has 0 atom stereocenters. The van der Waals surface area contributed by atoms with Crippen molar-refractivity contribution in [2.45, 2.75) is 6.92 Å². The van der Waals surface area contributed by atoms with E-state index in [4.69, 9.17) is 0 Å². The monoisotopic (exact) mass is 342 g/mol. The van der Waals surface area contributed by atoms with Crippen LogP contribution in [0.15, 0.2) is 84.9 Å². The minimum absolute atomic E-state index is 0.0962. The molecule has 1 nitrogen and oxygen atoms in total. The van der Waals surface area contributed by atoms with E-state index in [0.29, 0.717) is 5.57 Å². The first-order chi connectivity index (χ1) is 12.6. The van der Waals surface area contributed by atoms with Gasteiger partial charge in [0.25, 0.3) is 0 Å². The van der Waals surface area contributed by atoms with Crippen molar-refractivity contribution in [3.05, 3.63) is 113 Å². The van der Waals surface area contributed by atoms with Gasteiger partial charge in [0.1, 0.15) is 5.82 Å². The number of rotatable bonds is 5. The molecule has 3 aromatic rings. The summed E-state index contributed by atoms with van der Waals surface area (Å²) >= 11 is 0. The summed E-state index contributed by atoms with van der Waals surface area (Å²) in [4.78, 5) is 12.8. The lowest BCUT2D eigenvalue weighted by Gasteiger charge is -2.05. The molecule has 0 aliphatic carbocycles. The molecule has 0 aliphatic rings. The number of allylic oxidation sites excluding steroid dienone is 2. The zero-order valence-corrected chi connectivity index (χ0v) is 14.5. The van der Waals surface area contributed by atoms with E-state index in [1.54, 1.807) is 24.3 Å². The van der Waals surface area contributed by atoms with Crippen LogP contribution in [0.3, 0.4) is 0 Å². The molecule has 0 heterocycles. The molecule has 2 heteroatoms. The molecule has 128 valence electrons. The number of hydrogen-bond acceptors (Lipinski definition) is 1. The Morgan fingerprint density at radius 3 is 2.08 bits per heavy atom. The Balaban J connectivity index is 1.93. The Bertz CT molecular complexity index is 934. The number of aryl methyl sites for hydroxylation is 1. The van der Waals surface area contributed by atoms with Crippen LogP contribution in [0.25, 0.3) is 17.7 Å². The minimum Gasteiger partial charge on any atom is -0.289 e. The van der Waals surface area contributed by atoms with Crippen LogP contribution >= 0.6 is 0 Å². The maximum absolute atomic E-state index is 13.1. The number of carbonyl (C=O) groups excluding carboxylic acids is 1. The zero-order valence-electron chi connectivity index (χ0n) is 14.5. The maximum Gasteiger partial charge on any atom is 0.186 e. The van der Waals surface area contributed by atoms with E-state index in [2.05, 4.69) is 0 Å². The predicted molar refractivity (Wildman–Crippen MR) is 106 cm³/mol. The van der Waals surface area contributed by atoms with E-state index in [-0.39, 0.29) is 11.6 Å². The third-order valence-corrected chi connectivity index (χ3v) is 4.04. The fourth-order valence-electron chi connectivity index (χ4n) is 2.58. The fourth-order valence-corrected chi connectivity index (χ4v) is 2.58. The van der Waals surface area contributed by atoms with Crippen LogP contribution in [0.1, 0.15) is 22.3 Å². The Hall–Kier alpha value is -3.26. The van der Waals surface area contributed by atoms with E-state index in [9.17, 15) is 9.18 Å². The minimum atomic E-state index is -0.297. The normalized spacial score (nSPS) is 11.7. The second-order valence-corrected chi connectivity index (χ2v) is 6.08. The number of carbonyl (C=O) groups is 1. The third kappa shape index (κ3) is 4.64. The van der Waals surface area contributed by atoms with Gasteiger partial charge in [-0.25, -0.2) is 4.39 Å². The van der Waals surface area contributed by atoms with E-state index in [0.717, 1.165) is 16.7 Å². The van der Waals surface area contributed by atoms with Gasteiger partial charge in [0.2, 0.25) is 0 Å². The lowest BCUT2D eigenvalue weighted by Crippen LogP contribution is -1.98. The predicted octanol–water partition coefficient (Wildman–Crippen LogP) is 5.96. The molecule has 0 amide bonds. The molecule has 0 aromatic heterocycles. The zero-order chi connectivity index (χ0) is 18.4. The third-order valence-electron chi connectivity index (χ3n) is 4.04. The summed E-state index contributed by atoms with van der Waals surface area (Å²) in [5.41, 5.74) is 4.33. The number of ketones is 1. The summed E-state index contributed by atoms with van der Waals surface area (Å²) in [5, 5.41) is 0. The van der Waals surface area contributed by atoms with Gasteiger partial charge in [-0.1, -0.05) is 78.4 Å². The van der Waals surface area contributed by atoms with Crippen LogP contribution in [0.4, 0.5) is 4.39 Å². The Labute approximate surface area is 153 Å². The lowest BCUT2D eigenvalue weighted by atomic mass is 9.98. The van der Waals surface area contributed by atoms with Crippen molar-refractivity contribution in [2.24, 2.45) is 0 Å². The molecule has 3 aromatic carbocycles. The van der Waals surface area contributed by atoms with E-state index < -0.39 is 0 Å². The van der Waals surface area contributed by atoms with Crippen LogP contribution in [0.5, 0.6) is 0 Å². The highest BCUT2D eigenvalue weighted by molar-refractivity contribution is 6.30. The van der Waals surface area contributed by atoms with Crippen LogP contribution in [0, 0.1) is 12.7 Å². The molecule has 26 heavy (non-hydrogen) atoms. The highest BCUT2D eigenvalue weighted by atomic mass is 19.1. The fraction of sp³-hybridized carbons (Fsp3) is 0.0417. The van der Waals surface area contributed by atoms with Gasteiger partial charge in [0.15, 0.2) is 5.78 Å². The van der Waals surface area contributed by atoms with Gasteiger partial charge >= 0.3 is 0 Å². The highest BCUT2D eigenvalue weighted by Gasteiger charge is 2.09. The van der Waals surface area contributed by atoms with Crippen molar-refractivity contribution >= 4 is 23.5 Å². The van der Waals surface area contributed by atoms with Gasteiger partial charge in [0, 0.05) is 5.57 Å². The van der Waals surface area contributed by atoms with Gasteiger partial charge in [-0.2, -0.15) is 0 Å².